The molecule has 5 amide bonds. The second-order valence-electron chi connectivity index (χ2n) is 8.12. The van der Waals surface area contributed by atoms with Crippen LogP contribution in [-0.4, -0.2) is 60.0 Å². The van der Waals surface area contributed by atoms with Crippen molar-refractivity contribution in [2.45, 2.75) is 69.9 Å². The van der Waals surface area contributed by atoms with Gasteiger partial charge in [-0.3, -0.25) is 9.69 Å². The molecule has 2 N–H and O–H groups in total. The summed E-state index contributed by atoms with van der Waals surface area (Å²) in [5.74, 6) is -0.0545. The molecule has 0 aromatic carbocycles. The van der Waals surface area contributed by atoms with E-state index in [0.717, 1.165) is 57.9 Å². The zero-order valence-electron chi connectivity index (χ0n) is 15.6. The lowest BCUT2D eigenvalue weighted by Gasteiger charge is -2.57. The molecular formula is C18H30N4O3. The molecule has 140 valence electrons. The molecule has 0 unspecified atom stereocenters. The van der Waals surface area contributed by atoms with E-state index in [-0.39, 0.29) is 29.4 Å². The number of carbonyl (C=O) groups is 3. The number of hydrogen-bond acceptors (Lipinski definition) is 3. The lowest BCUT2D eigenvalue weighted by atomic mass is 9.51. The van der Waals surface area contributed by atoms with E-state index in [1.54, 1.807) is 19.0 Å². The van der Waals surface area contributed by atoms with Gasteiger partial charge in [-0.15, -0.1) is 0 Å². The first-order valence-corrected chi connectivity index (χ1v) is 9.44. The third kappa shape index (κ3) is 2.98. The summed E-state index contributed by atoms with van der Waals surface area (Å²) in [4.78, 5) is 39.3. The van der Waals surface area contributed by atoms with Crippen molar-refractivity contribution in [1.82, 2.24) is 20.4 Å². The number of rotatable bonds is 4. The minimum absolute atomic E-state index is 0.0545. The Kier molecular flexibility index (Phi) is 4.68. The molecule has 3 aliphatic rings. The molecule has 2 spiro atoms. The molecule has 2 saturated carbocycles. The molecule has 25 heavy (non-hydrogen) atoms. The largest absolute Gasteiger partial charge is 0.338 e. The van der Waals surface area contributed by atoms with Crippen molar-refractivity contribution in [3.63, 3.8) is 0 Å². The predicted octanol–water partition coefficient (Wildman–Crippen LogP) is 2.07. The average Bonchev–Trinajstić information content (AvgIpc) is 2.72. The third-order valence-electron chi connectivity index (χ3n) is 6.45. The Morgan fingerprint density at radius 2 is 1.84 bits per heavy atom. The fourth-order valence-corrected chi connectivity index (χ4v) is 4.87. The van der Waals surface area contributed by atoms with Crippen LogP contribution >= 0.6 is 0 Å². The normalized spacial score (nSPS) is 34.6. The molecule has 3 rings (SSSR count). The summed E-state index contributed by atoms with van der Waals surface area (Å²) < 4.78 is 0. The van der Waals surface area contributed by atoms with Crippen LogP contribution in [0.25, 0.3) is 0 Å². The molecule has 0 aromatic rings. The number of amides is 5. The van der Waals surface area contributed by atoms with Crippen LogP contribution in [0.2, 0.25) is 0 Å². The molecule has 0 radical (unpaired) electrons. The van der Waals surface area contributed by atoms with Crippen molar-refractivity contribution >= 4 is 18.0 Å². The Balaban J connectivity index is 1.49. The van der Waals surface area contributed by atoms with E-state index in [1.165, 1.54) is 4.90 Å². The molecule has 7 nitrogen and oxygen atoms in total. The molecular weight excluding hydrogens is 320 g/mol. The van der Waals surface area contributed by atoms with Gasteiger partial charge in [-0.2, -0.15) is 0 Å². The van der Waals surface area contributed by atoms with Crippen molar-refractivity contribution in [3.05, 3.63) is 0 Å². The minimum Gasteiger partial charge on any atom is -0.338 e. The van der Waals surface area contributed by atoms with Gasteiger partial charge in [0.15, 0.2) is 0 Å². The van der Waals surface area contributed by atoms with Gasteiger partial charge in [-0.05, 0) is 50.4 Å². The molecule has 1 heterocycles. The number of hydrogen-bond donors (Lipinski definition) is 2. The van der Waals surface area contributed by atoms with Gasteiger partial charge in [0.25, 0.3) is 5.91 Å². The first kappa shape index (κ1) is 18.0. The van der Waals surface area contributed by atoms with Gasteiger partial charge in [0, 0.05) is 26.7 Å². The maximum absolute atomic E-state index is 12.5. The van der Waals surface area contributed by atoms with Crippen molar-refractivity contribution in [2.75, 3.05) is 20.6 Å². The second-order valence-corrected chi connectivity index (χ2v) is 8.12. The Bertz CT molecular complexity index is 561. The van der Waals surface area contributed by atoms with Crippen LogP contribution in [0.4, 0.5) is 9.59 Å². The first-order valence-electron chi connectivity index (χ1n) is 9.44. The highest BCUT2D eigenvalue weighted by Gasteiger charge is 2.66. The monoisotopic (exact) mass is 350 g/mol. The lowest BCUT2D eigenvalue weighted by Crippen LogP contribution is -2.63. The summed E-state index contributed by atoms with van der Waals surface area (Å²) >= 11 is 0. The van der Waals surface area contributed by atoms with Crippen molar-refractivity contribution in [3.8, 4) is 0 Å². The van der Waals surface area contributed by atoms with E-state index in [2.05, 4.69) is 17.6 Å². The maximum atomic E-state index is 12.5. The molecule has 1 aliphatic heterocycles. The SMILES string of the molecule is CCCCNC(=O)NC1CCC2(CC1)CC1(C2)C(=O)N(C)C(=O)N1C. The van der Waals surface area contributed by atoms with Gasteiger partial charge in [0.05, 0.1) is 0 Å². The van der Waals surface area contributed by atoms with E-state index in [1.807, 2.05) is 0 Å². The summed E-state index contributed by atoms with van der Waals surface area (Å²) in [7, 11) is 3.31. The van der Waals surface area contributed by atoms with Crippen molar-refractivity contribution in [2.24, 2.45) is 5.41 Å². The summed E-state index contributed by atoms with van der Waals surface area (Å²) in [6.45, 7) is 2.82. The molecule has 7 heteroatoms. The molecule has 0 aromatic heterocycles. The van der Waals surface area contributed by atoms with Crippen molar-refractivity contribution in [1.29, 1.82) is 0 Å². The van der Waals surface area contributed by atoms with Gasteiger partial charge >= 0.3 is 12.1 Å². The predicted molar refractivity (Wildman–Crippen MR) is 94.0 cm³/mol. The van der Waals surface area contributed by atoms with Gasteiger partial charge < -0.3 is 15.5 Å². The Morgan fingerprint density at radius 1 is 1.20 bits per heavy atom. The Morgan fingerprint density at radius 3 is 2.36 bits per heavy atom. The first-order chi connectivity index (χ1) is 11.8. The fraction of sp³-hybridized carbons (Fsp3) is 0.833. The lowest BCUT2D eigenvalue weighted by molar-refractivity contribution is -0.147. The highest BCUT2D eigenvalue weighted by molar-refractivity contribution is 6.07. The van der Waals surface area contributed by atoms with Crippen LogP contribution in [0.1, 0.15) is 58.3 Å². The Labute approximate surface area is 149 Å². The van der Waals surface area contributed by atoms with E-state index >= 15 is 0 Å². The van der Waals surface area contributed by atoms with Crippen LogP contribution in [0.3, 0.4) is 0 Å². The number of nitrogens with zero attached hydrogens (tertiary/aromatic N) is 2. The quantitative estimate of drug-likeness (QED) is 0.601. The zero-order valence-corrected chi connectivity index (χ0v) is 15.6. The van der Waals surface area contributed by atoms with Gasteiger partial charge in [0.2, 0.25) is 0 Å². The van der Waals surface area contributed by atoms with Crippen LogP contribution in [0.5, 0.6) is 0 Å². The summed E-state index contributed by atoms with van der Waals surface area (Å²) in [5, 5.41) is 5.96. The highest BCUT2D eigenvalue weighted by Crippen LogP contribution is 2.60. The molecule has 3 fully saturated rings. The second kappa shape index (κ2) is 6.50. The van der Waals surface area contributed by atoms with E-state index in [0.29, 0.717) is 0 Å². The summed E-state index contributed by atoms with van der Waals surface area (Å²) in [5.41, 5.74) is -0.449. The number of unbranched alkanes of at least 4 members (excludes halogenated alkanes) is 1. The molecule has 0 bridgehead atoms. The summed E-state index contributed by atoms with van der Waals surface area (Å²) in [6, 6.07) is -0.0542. The summed E-state index contributed by atoms with van der Waals surface area (Å²) in [6.07, 6.45) is 7.50. The average molecular weight is 350 g/mol. The smallest absolute Gasteiger partial charge is 0.327 e. The molecule has 0 atom stereocenters. The van der Waals surface area contributed by atoms with Gasteiger partial charge in [-0.25, -0.2) is 9.59 Å². The fourth-order valence-electron chi connectivity index (χ4n) is 4.87. The number of imide groups is 1. The van der Waals surface area contributed by atoms with Gasteiger partial charge in [-0.1, -0.05) is 13.3 Å². The van der Waals surface area contributed by atoms with Crippen molar-refractivity contribution < 1.29 is 14.4 Å². The number of likely N-dealkylation sites (N-methyl/N-ethyl adjacent to an activating group) is 2. The van der Waals surface area contributed by atoms with E-state index in [4.69, 9.17) is 0 Å². The topological polar surface area (TPSA) is 81.8 Å². The third-order valence-corrected chi connectivity index (χ3v) is 6.45. The van der Waals surface area contributed by atoms with Crippen LogP contribution < -0.4 is 10.6 Å². The molecule has 1 saturated heterocycles. The van der Waals surface area contributed by atoms with Gasteiger partial charge in [0.1, 0.15) is 5.54 Å². The number of urea groups is 2. The highest BCUT2D eigenvalue weighted by atomic mass is 16.2. The minimum atomic E-state index is -0.608. The van der Waals surface area contributed by atoms with E-state index < -0.39 is 5.54 Å². The van der Waals surface area contributed by atoms with E-state index in [9.17, 15) is 14.4 Å². The number of nitrogens with one attached hydrogen (secondary N) is 2. The van der Waals surface area contributed by atoms with Crippen LogP contribution in [-0.2, 0) is 4.79 Å². The molecule has 2 aliphatic carbocycles. The van der Waals surface area contributed by atoms with Crippen LogP contribution in [0, 0.1) is 5.41 Å². The Hall–Kier alpha value is -1.79. The van der Waals surface area contributed by atoms with Crippen LogP contribution in [0.15, 0.2) is 0 Å². The number of carbonyl (C=O) groups excluding carboxylic acids is 3. The standard InChI is InChI=1S/C18H30N4O3/c1-4-5-10-19-15(24)20-13-6-8-17(9-7-13)11-18(12-17)14(23)21(2)16(25)22(18)3/h13H,4-12H2,1-3H3,(H2,19,20,24). The maximum Gasteiger partial charge on any atom is 0.327 e. The zero-order chi connectivity index (χ0) is 18.2.